The highest BCUT2D eigenvalue weighted by Crippen LogP contribution is 2.27. The number of hydrogen-bond acceptors (Lipinski definition) is 2. The fourth-order valence-corrected chi connectivity index (χ4v) is 2.02. The maximum absolute atomic E-state index is 8.40. The van der Waals surface area contributed by atoms with Crippen LogP contribution in [0.4, 0.5) is 0 Å². The first-order chi connectivity index (χ1) is 9.81. The molecular formula is C16H17N3O. The van der Waals surface area contributed by atoms with Gasteiger partial charge >= 0.3 is 0 Å². The second-order valence-corrected chi connectivity index (χ2v) is 4.53. The highest BCUT2D eigenvalue weighted by Gasteiger charge is 2.13. The molecule has 0 fully saturated rings. The van der Waals surface area contributed by atoms with Crippen LogP contribution in [0.2, 0.25) is 0 Å². The molecule has 0 aliphatic rings. The van der Waals surface area contributed by atoms with Crippen LogP contribution in [-0.4, -0.2) is 6.54 Å². The van der Waals surface area contributed by atoms with E-state index in [-0.39, 0.29) is 6.10 Å². The van der Waals surface area contributed by atoms with Crippen molar-refractivity contribution in [3.63, 3.8) is 0 Å². The Hall–Kier alpha value is -2.45. The van der Waals surface area contributed by atoms with E-state index in [1.807, 2.05) is 61.5 Å². The van der Waals surface area contributed by atoms with Gasteiger partial charge in [0.15, 0.2) is 0 Å². The summed E-state index contributed by atoms with van der Waals surface area (Å²) in [5.74, 6) is 0.863. The SMILES string of the molecule is Cc1ccccc1O[C@H](CCN=[N+]=[N-])c1ccccc1. The van der Waals surface area contributed by atoms with E-state index in [9.17, 15) is 0 Å². The Bertz CT molecular complexity index is 592. The van der Waals surface area contributed by atoms with Crippen LogP contribution in [-0.2, 0) is 0 Å². The molecule has 0 aliphatic heterocycles. The maximum Gasteiger partial charge on any atom is 0.124 e. The molecule has 0 saturated carbocycles. The number of azide groups is 1. The Kier molecular flexibility index (Phi) is 5.04. The monoisotopic (exact) mass is 267 g/mol. The second kappa shape index (κ2) is 7.22. The van der Waals surface area contributed by atoms with Crippen molar-refractivity contribution < 1.29 is 4.74 Å². The fraction of sp³-hybridized carbons (Fsp3) is 0.250. The van der Waals surface area contributed by atoms with Gasteiger partial charge in [-0.3, -0.25) is 0 Å². The van der Waals surface area contributed by atoms with Gasteiger partial charge in [0.05, 0.1) is 0 Å². The Morgan fingerprint density at radius 1 is 1.10 bits per heavy atom. The molecule has 0 saturated heterocycles. The first-order valence-corrected chi connectivity index (χ1v) is 6.59. The molecule has 0 heterocycles. The number of para-hydroxylation sites is 1. The van der Waals surface area contributed by atoms with Gasteiger partial charge in [-0.2, -0.15) is 0 Å². The number of ether oxygens (including phenoxy) is 1. The molecule has 2 aromatic carbocycles. The summed E-state index contributed by atoms with van der Waals surface area (Å²) >= 11 is 0. The van der Waals surface area contributed by atoms with Crippen LogP contribution in [0.5, 0.6) is 5.75 Å². The van der Waals surface area contributed by atoms with Crippen molar-refractivity contribution in [1.82, 2.24) is 0 Å². The van der Waals surface area contributed by atoms with Gasteiger partial charge in [-0.15, -0.1) is 0 Å². The zero-order valence-electron chi connectivity index (χ0n) is 11.4. The number of hydrogen-bond donors (Lipinski definition) is 0. The van der Waals surface area contributed by atoms with E-state index < -0.39 is 0 Å². The first kappa shape index (κ1) is 14.0. The van der Waals surface area contributed by atoms with Crippen molar-refractivity contribution in [2.24, 2.45) is 5.11 Å². The van der Waals surface area contributed by atoms with Gasteiger partial charge in [-0.05, 0) is 36.1 Å². The lowest BCUT2D eigenvalue weighted by atomic mass is 10.1. The van der Waals surface area contributed by atoms with Crippen LogP contribution in [0.25, 0.3) is 10.4 Å². The lowest BCUT2D eigenvalue weighted by Crippen LogP contribution is -2.09. The molecule has 0 N–H and O–H groups in total. The second-order valence-electron chi connectivity index (χ2n) is 4.53. The van der Waals surface area contributed by atoms with Crippen molar-refractivity contribution in [1.29, 1.82) is 0 Å². The van der Waals surface area contributed by atoms with Crippen LogP contribution in [0.15, 0.2) is 59.7 Å². The number of aryl methyl sites for hydroxylation is 1. The zero-order chi connectivity index (χ0) is 14.2. The Morgan fingerprint density at radius 2 is 1.80 bits per heavy atom. The minimum atomic E-state index is -0.109. The van der Waals surface area contributed by atoms with E-state index in [1.54, 1.807) is 0 Å². The predicted molar refractivity (Wildman–Crippen MR) is 79.6 cm³/mol. The normalized spacial score (nSPS) is 11.4. The highest BCUT2D eigenvalue weighted by atomic mass is 16.5. The van der Waals surface area contributed by atoms with Crippen LogP contribution < -0.4 is 4.74 Å². The Morgan fingerprint density at radius 3 is 2.50 bits per heavy atom. The van der Waals surface area contributed by atoms with Crippen molar-refractivity contribution >= 4 is 0 Å². The molecule has 2 aromatic rings. The molecular weight excluding hydrogens is 250 g/mol. The van der Waals surface area contributed by atoms with Crippen LogP contribution in [0.1, 0.15) is 23.7 Å². The molecule has 0 aromatic heterocycles. The third kappa shape index (κ3) is 3.77. The Labute approximate surface area is 118 Å². The third-order valence-corrected chi connectivity index (χ3v) is 3.09. The molecule has 20 heavy (non-hydrogen) atoms. The summed E-state index contributed by atoms with van der Waals surface area (Å²) in [7, 11) is 0. The van der Waals surface area contributed by atoms with Gasteiger partial charge in [0, 0.05) is 11.5 Å². The van der Waals surface area contributed by atoms with Gasteiger partial charge < -0.3 is 4.74 Å². The van der Waals surface area contributed by atoms with E-state index >= 15 is 0 Å². The zero-order valence-corrected chi connectivity index (χ0v) is 11.4. The predicted octanol–water partition coefficient (Wildman–Crippen LogP) is 4.82. The molecule has 0 spiro atoms. The van der Waals surface area contributed by atoms with Gasteiger partial charge in [-0.25, -0.2) is 0 Å². The number of nitrogens with zero attached hydrogens (tertiary/aromatic N) is 3. The lowest BCUT2D eigenvalue weighted by Gasteiger charge is -2.20. The molecule has 4 nitrogen and oxygen atoms in total. The average molecular weight is 267 g/mol. The molecule has 2 rings (SSSR count). The largest absolute Gasteiger partial charge is 0.485 e. The lowest BCUT2D eigenvalue weighted by molar-refractivity contribution is 0.196. The van der Waals surface area contributed by atoms with Gasteiger partial charge in [-0.1, -0.05) is 53.6 Å². The minimum absolute atomic E-state index is 0.109. The van der Waals surface area contributed by atoms with E-state index in [4.69, 9.17) is 10.3 Å². The highest BCUT2D eigenvalue weighted by molar-refractivity contribution is 5.33. The topological polar surface area (TPSA) is 58.0 Å². The van der Waals surface area contributed by atoms with E-state index in [2.05, 4.69) is 10.0 Å². The van der Waals surface area contributed by atoms with E-state index in [1.165, 1.54) is 0 Å². The van der Waals surface area contributed by atoms with Crippen LogP contribution >= 0.6 is 0 Å². The number of rotatable bonds is 6. The van der Waals surface area contributed by atoms with Crippen LogP contribution in [0.3, 0.4) is 0 Å². The molecule has 1 atom stereocenters. The number of benzene rings is 2. The maximum atomic E-state index is 8.40. The van der Waals surface area contributed by atoms with Crippen molar-refractivity contribution in [3.8, 4) is 5.75 Å². The van der Waals surface area contributed by atoms with Crippen molar-refractivity contribution in [2.75, 3.05) is 6.54 Å². The van der Waals surface area contributed by atoms with E-state index in [0.29, 0.717) is 13.0 Å². The smallest absolute Gasteiger partial charge is 0.124 e. The van der Waals surface area contributed by atoms with Crippen molar-refractivity contribution in [3.05, 3.63) is 76.2 Å². The average Bonchev–Trinajstić information content (AvgIpc) is 2.49. The summed E-state index contributed by atoms with van der Waals surface area (Å²) in [6, 6.07) is 17.9. The summed E-state index contributed by atoms with van der Waals surface area (Å²) < 4.78 is 6.09. The van der Waals surface area contributed by atoms with Crippen molar-refractivity contribution in [2.45, 2.75) is 19.4 Å². The van der Waals surface area contributed by atoms with Gasteiger partial charge in [0.25, 0.3) is 0 Å². The molecule has 0 unspecified atom stereocenters. The quantitative estimate of drug-likeness (QED) is 0.420. The molecule has 0 amide bonds. The fourth-order valence-electron chi connectivity index (χ4n) is 2.02. The molecule has 102 valence electrons. The van der Waals surface area contributed by atoms with Gasteiger partial charge in [0.2, 0.25) is 0 Å². The molecule has 0 bridgehead atoms. The summed E-state index contributed by atoms with van der Waals surface area (Å²) in [4.78, 5) is 2.80. The molecule has 4 heteroatoms. The third-order valence-electron chi connectivity index (χ3n) is 3.09. The van der Waals surface area contributed by atoms with E-state index in [0.717, 1.165) is 16.9 Å². The van der Waals surface area contributed by atoms with Gasteiger partial charge in [0.1, 0.15) is 11.9 Å². The summed E-state index contributed by atoms with van der Waals surface area (Å²) in [6.07, 6.45) is 0.547. The summed E-state index contributed by atoms with van der Waals surface area (Å²) in [6.45, 7) is 2.44. The Balaban J connectivity index is 2.18. The summed E-state index contributed by atoms with van der Waals surface area (Å²) in [5, 5.41) is 3.60. The minimum Gasteiger partial charge on any atom is -0.485 e. The molecule has 0 aliphatic carbocycles. The standard InChI is InChI=1S/C16H17N3O/c1-13-7-5-6-10-15(13)20-16(11-12-18-19-17)14-8-3-2-4-9-14/h2-10,16H,11-12H2,1H3/t16-/m1/s1. The first-order valence-electron chi connectivity index (χ1n) is 6.59. The van der Waals surface area contributed by atoms with Crippen LogP contribution in [0, 0.1) is 6.92 Å². The molecule has 0 radical (unpaired) electrons. The summed E-state index contributed by atoms with van der Waals surface area (Å²) in [5.41, 5.74) is 10.6.